The minimum Gasteiger partial charge on any atom is -0.350 e. The molecular formula is C22H19F3N2O3S. The maximum Gasteiger partial charge on any atom is 0.416 e. The fraction of sp³-hybridized carbons (Fsp3) is 0.136. The van der Waals surface area contributed by atoms with Gasteiger partial charge >= 0.3 is 6.18 Å². The van der Waals surface area contributed by atoms with Crippen LogP contribution in [0.5, 0.6) is 0 Å². The van der Waals surface area contributed by atoms with Crippen LogP contribution in [0.25, 0.3) is 0 Å². The molecule has 0 aromatic heterocycles. The Morgan fingerprint density at radius 2 is 1.55 bits per heavy atom. The van der Waals surface area contributed by atoms with Crippen molar-refractivity contribution in [3.8, 4) is 0 Å². The third kappa shape index (κ3) is 5.31. The highest BCUT2D eigenvalue weighted by molar-refractivity contribution is 7.91. The molecule has 0 bridgehead atoms. The predicted molar refractivity (Wildman–Crippen MR) is 109 cm³/mol. The lowest BCUT2D eigenvalue weighted by molar-refractivity contribution is -0.137. The molecule has 0 aliphatic rings. The zero-order valence-electron chi connectivity index (χ0n) is 16.1. The summed E-state index contributed by atoms with van der Waals surface area (Å²) in [6.45, 7) is 0.114. The summed E-state index contributed by atoms with van der Waals surface area (Å²) < 4.78 is 64.0. The highest BCUT2D eigenvalue weighted by Gasteiger charge is 2.32. The second kappa shape index (κ2) is 8.91. The third-order valence-electron chi connectivity index (χ3n) is 4.61. The van der Waals surface area contributed by atoms with Crippen molar-refractivity contribution in [1.82, 2.24) is 5.32 Å². The summed E-state index contributed by atoms with van der Waals surface area (Å²) in [6.07, 6.45) is -4.64. The molecule has 0 heterocycles. The third-order valence-corrected chi connectivity index (χ3v) is 6.38. The van der Waals surface area contributed by atoms with E-state index in [-0.39, 0.29) is 11.4 Å². The molecule has 3 rings (SSSR count). The Balaban J connectivity index is 1.70. The van der Waals surface area contributed by atoms with Gasteiger partial charge in [0.2, 0.25) is 15.7 Å². The number of carbonyl (C=O) groups is 1. The molecule has 5 nitrogen and oxygen atoms in total. The zero-order valence-corrected chi connectivity index (χ0v) is 17.0. The van der Waals surface area contributed by atoms with Gasteiger partial charge in [-0.25, -0.2) is 8.42 Å². The van der Waals surface area contributed by atoms with E-state index in [0.717, 1.165) is 18.2 Å². The Hall–Kier alpha value is -3.17. The second-order valence-corrected chi connectivity index (χ2v) is 8.73. The van der Waals surface area contributed by atoms with E-state index < -0.39 is 38.4 Å². The molecule has 3 aromatic carbocycles. The largest absolute Gasteiger partial charge is 0.416 e. The van der Waals surface area contributed by atoms with Crippen molar-refractivity contribution in [2.45, 2.75) is 28.6 Å². The van der Waals surface area contributed by atoms with Crippen LogP contribution >= 0.6 is 0 Å². The van der Waals surface area contributed by atoms with Gasteiger partial charge < -0.3 is 11.1 Å². The first kappa shape index (κ1) is 22.5. The van der Waals surface area contributed by atoms with Gasteiger partial charge in [0.25, 0.3) is 0 Å². The summed E-state index contributed by atoms with van der Waals surface area (Å²) in [6, 6.07) is 17.1. The lowest BCUT2D eigenvalue weighted by atomic mass is 10.1. The Labute approximate surface area is 177 Å². The first-order chi connectivity index (χ1) is 14.6. The van der Waals surface area contributed by atoms with Crippen LogP contribution in [0, 0.1) is 0 Å². The molecule has 1 atom stereocenters. The SMILES string of the molecule is NC(C(=O)NCc1ccc(S(=O)(=O)c2cccc(C(F)(F)F)c2)cc1)c1ccccc1. The maximum atomic E-state index is 12.9. The molecule has 0 saturated carbocycles. The van der Waals surface area contributed by atoms with Crippen molar-refractivity contribution in [3.63, 3.8) is 0 Å². The van der Waals surface area contributed by atoms with Gasteiger partial charge in [-0.2, -0.15) is 13.2 Å². The summed E-state index contributed by atoms with van der Waals surface area (Å²) in [5, 5.41) is 2.67. The van der Waals surface area contributed by atoms with Crippen LogP contribution in [0.1, 0.15) is 22.7 Å². The van der Waals surface area contributed by atoms with Crippen molar-refractivity contribution < 1.29 is 26.4 Å². The van der Waals surface area contributed by atoms with Crippen LogP contribution in [-0.2, 0) is 27.4 Å². The van der Waals surface area contributed by atoms with Gasteiger partial charge in [0.05, 0.1) is 15.4 Å². The highest BCUT2D eigenvalue weighted by atomic mass is 32.2. The van der Waals surface area contributed by atoms with Crippen LogP contribution in [0.3, 0.4) is 0 Å². The average Bonchev–Trinajstić information content (AvgIpc) is 2.77. The fourth-order valence-electron chi connectivity index (χ4n) is 2.87. The normalized spacial score (nSPS) is 12.9. The number of sulfone groups is 1. The molecule has 1 unspecified atom stereocenters. The van der Waals surface area contributed by atoms with Crippen LogP contribution in [0.2, 0.25) is 0 Å². The summed E-state index contributed by atoms with van der Waals surface area (Å²) in [4.78, 5) is 11.6. The Morgan fingerprint density at radius 1 is 0.903 bits per heavy atom. The van der Waals surface area contributed by atoms with Crippen LogP contribution < -0.4 is 11.1 Å². The number of nitrogens with one attached hydrogen (secondary N) is 1. The smallest absolute Gasteiger partial charge is 0.350 e. The van der Waals surface area contributed by atoms with Gasteiger partial charge in [-0.15, -0.1) is 0 Å². The fourth-order valence-corrected chi connectivity index (χ4v) is 4.18. The van der Waals surface area contributed by atoms with Crippen molar-refractivity contribution in [2.24, 2.45) is 5.73 Å². The molecular weight excluding hydrogens is 429 g/mol. The Kier molecular flexibility index (Phi) is 6.47. The molecule has 31 heavy (non-hydrogen) atoms. The van der Waals surface area contributed by atoms with Crippen LogP contribution in [0.4, 0.5) is 13.2 Å². The van der Waals surface area contributed by atoms with E-state index in [1.54, 1.807) is 24.3 Å². The molecule has 162 valence electrons. The first-order valence-corrected chi connectivity index (χ1v) is 10.7. The van der Waals surface area contributed by atoms with E-state index in [9.17, 15) is 26.4 Å². The molecule has 0 radical (unpaired) electrons. The number of halogens is 3. The first-order valence-electron chi connectivity index (χ1n) is 9.18. The van der Waals surface area contributed by atoms with Crippen molar-refractivity contribution in [1.29, 1.82) is 0 Å². The summed E-state index contributed by atoms with van der Waals surface area (Å²) in [7, 11) is -4.13. The maximum absolute atomic E-state index is 12.9. The van der Waals surface area contributed by atoms with Crippen molar-refractivity contribution >= 4 is 15.7 Å². The molecule has 3 aromatic rings. The van der Waals surface area contributed by atoms with Gasteiger partial charge in [-0.05, 0) is 41.5 Å². The number of alkyl halides is 3. The van der Waals surface area contributed by atoms with E-state index in [4.69, 9.17) is 5.73 Å². The van der Waals surface area contributed by atoms with Gasteiger partial charge in [-0.1, -0.05) is 48.5 Å². The molecule has 0 saturated heterocycles. The molecule has 0 aliphatic carbocycles. The van der Waals surface area contributed by atoms with Gasteiger partial charge in [0.1, 0.15) is 6.04 Å². The molecule has 0 aliphatic heterocycles. The number of carbonyl (C=O) groups excluding carboxylic acids is 1. The van der Waals surface area contributed by atoms with Gasteiger partial charge in [-0.3, -0.25) is 4.79 Å². The second-order valence-electron chi connectivity index (χ2n) is 6.78. The van der Waals surface area contributed by atoms with E-state index in [2.05, 4.69) is 5.32 Å². The van der Waals surface area contributed by atoms with E-state index >= 15 is 0 Å². The summed E-state index contributed by atoms with van der Waals surface area (Å²) >= 11 is 0. The minimum absolute atomic E-state index is 0.114. The highest BCUT2D eigenvalue weighted by Crippen LogP contribution is 2.32. The van der Waals surface area contributed by atoms with E-state index in [1.165, 1.54) is 24.3 Å². The number of nitrogens with two attached hydrogens (primary N) is 1. The molecule has 0 spiro atoms. The zero-order chi connectivity index (χ0) is 22.6. The van der Waals surface area contributed by atoms with Gasteiger partial charge in [0, 0.05) is 6.54 Å². The summed E-state index contributed by atoms with van der Waals surface area (Å²) in [5.74, 6) is -0.396. The van der Waals surface area contributed by atoms with Crippen LogP contribution in [-0.4, -0.2) is 14.3 Å². The number of rotatable bonds is 6. The Bertz CT molecular complexity index is 1160. The number of amides is 1. The van der Waals surface area contributed by atoms with Crippen LogP contribution in [0.15, 0.2) is 88.7 Å². The molecule has 1 amide bonds. The minimum atomic E-state index is -4.64. The number of hydrogen-bond acceptors (Lipinski definition) is 4. The summed E-state index contributed by atoms with van der Waals surface area (Å²) in [5.41, 5.74) is 6.14. The number of hydrogen-bond donors (Lipinski definition) is 2. The molecule has 0 fully saturated rings. The topological polar surface area (TPSA) is 89.3 Å². The van der Waals surface area contributed by atoms with E-state index in [0.29, 0.717) is 17.2 Å². The Morgan fingerprint density at radius 3 is 2.16 bits per heavy atom. The lowest BCUT2D eigenvalue weighted by Crippen LogP contribution is -2.33. The van der Waals surface area contributed by atoms with Crippen molar-refractivity contribution in [3.05, 3.63) is 95.6 Å². The average molecular weight is 448 g/mol. The predicted octanol–water partition coefficient (Wildman–Crippen LogP) is 3.85. The van der Waals surface area contributed by atoms with Crippen molar-refractivity contribution in [2.75, 3.05) is 0 Å². The standard InChI is InChI=1S/C22H19F3N2O3S/c23-22(24,25)17-7-4-8-19(13-17)31(29,30)18-11-9-15(10-12-18)14-27-21(28)20(26)16-5-2-1-3-6-16/h1-13,20H,14,26H2,(H,27,28). The lowest BCUT2D eigenvalue weighted by Gasteiger charge is -2.13. The quantitative estimate of drug-likeness (QED) is 0.600. The molecule has 3 N–H and O–H groups in total. The van der Waals surface area contributed by atoms with Gasteiger partial charge in [0.15, 0.2) is 0 Å². The van der Waals surface area contributed by atoms with E-state index in [1.807, 2.05) is 6.07 Å². The molecule has 9 heteroatoms. The number of benzene rings is 3. The monoisotopic (exact) mass is 448 g/mol.